The molecule has 1 aromatic heterocycles. The minimum atomic E-state index is -3.40. The smallest absolute Gasteiger partial charge is 0.252 e. The van der Waals surface area contributed by atoms with Crippen LogP contribution in [0.1, 0.15) is 10.4 Å². The van der Waals surface area contributed by atoms with E-state index in [1.54, 1.807) is 25.3 Å². The molecule has 0 spiro atoms. The molecule has 0 saturated heterocycles. The van der Waals surface area contributed by atoms with Gasteiger partial charge in [-0.3, -0.25) is 4.99 Å². The third-order valence-corrected chi connectivity index (χ3v) is 7.17. The molecule has 0 fully saturated rings. The summed E-state index contributed by atoms with van der Waals surface area (Å²) in [6.07, 6.45) is 1.70. The lowest BCUT2D eigenvalue weighted by atomic mass is 10.2. The number of guanidine groups is 1. The summed E-state index contributed by atoms with van der Waals surface area (Å²) < 4.78 is 31.5. The molecule has 0 atom stereocenters. The fourth-order valence-electron chi connectivity index (χ4n) is 2.28. The van der Waals surface area contributed by atoms with E-state index in [9.17, 15) is 8.42 Å². The molecule has 1 heterocycles. The number of hydrogen-bond donors (Lipinski definition) is 2. The maximum atomic E-state index is 12.2. The van der Waals surface area contributed by atoms with Crippen molar-refractivity contribution in [3.8, 4) is 5.75 Å². The molecule has 0 unspecified atom stereocenters. The van der Waals surface area contributed by atoms with Crippen molar-refractivity contribution in [1.82, 2.24) is 14.9 Å². The second-order valence-electron chi connectivity index (χ2n) is 5.99. The van der Waals surface area contributed by atoms with Gasteiger partial charge < -0.3 is 15.4 Å². The highest BCUT2D eigenvalue weighted by atomic mass is 32.2. The molecule has 0 bridgehead atoms. The lowest BCUT2D eigenvalue weighted by molar-refractivity contribution is 0.358. The van der Waals surface area contributed by atoms with Crippen LogP contribution >= 0.6 is 11.3 Å². The summed E-state index contributed by atoms with van der Waals surface area (Å²) in [4.78, 5) is 5.11. The van der Waals surface area contributed by atoms with Crippen molar-refractivity contribution in [2.24, 2.45) is 4.99 Å². The summed E-state index contributed by atoms with van der Waals surface area (Å²) in [7, 11) is 1.33. The first-order chi connectivity index (χ1) is 13.4. The minimum absolute atomic E-state index is 0.325. The van der Waals surface area contributed by atoms with E-state index in [-0.39, 0.29) is 0 Å². The molecule has 0 aliphatic heterocycles. The van der Waals surface area contributed by atoms with E-state index < -0.39 is 10.0 Å². The topological polar surface area (TPSA) is 83.0 Å². The molecule has 9 heteroatoms. The number of thiophene rings is 1. The largest absolute Gasteiger partial charge is 0.489 e. The molecule has 1 aromatic carbocycles. The van der Waals surface area contributed by atoms with E-state index in [0.717, 1.165) is 16.2 Å². The quantitative estimate of drug-likeness (QED) is 0.368. The molecule has 0 amide bonds. The summed E-state index contributed by atoms with van der Waals surface area (Å²) in [6.45, 7) is 5.12. The summed E-state index contributed by atoms with van der Waals surface area (Å²) in [5.74, 6) is 1.41. The number of benzene rings is 1. The fourth-order valence-corrected chi connectivity index (χ4v) is 4.75. The van der Waals surface area contributed by atoms with Crippen LogP contribution in [0.5, 0.6) is 5.75 Å². The van der Waals surface area contributed by atoms with Crippen LogP contribution in [-0.4, -0.2) is 46.4 Å². The fraction of sp³-hybridized carbons (Fsp3) is 0.316. The van der Waals surface area contributed by atoms with Gasteiger partial charge in [-0.25, -0.2) is 12.7 Å². The van der Waals surface area contributed by atoms with Crippen LogP contribution in [0, 0.1) is 0 Å². The van der Waals surface area contributed by atoms with Crippen LogP contribution in [0.4, 0.5) is 0 Å². The van der Waals surface area contributed by atoms with Crippen LogP contribution < -0.4 is 15.4 Å². The normalized spacial score (nSPS) is 12.1. The van der Waals surface area contributed by atoms with Crippen LogP contribution in [0.25, 0.3) is 0 Å². The summed E-state index contributed by atoms with van der Waals surface area (Å²) in [5.41, 5.74) is 1.00. The third kappa shape index (κ3) is 5.82. The van der Waals surface area contributed by atoms with Gasteiger partial charge in [0, 0.05) is 38.1 Å². The zero-order valence-electron chi connectivity index (χ0n) is 16.3. The molecule has 7 nitrogen and oxygen atoms in total. The Hall–Kier alpha value is -2.36. The Morgan fingerprint density at radius 2 is 1.93 bits per heavy atom. The highest BCUT2D eigenvalue weighted by Gasteiger charge is 2.19. The van der Waals surface area contributed by atoms with Gasteiger partial charge in [-0.15, -0.1) is 11.3 Å². The molecular formula is C19H26N4O3S2. The number of sulfonamides is 1. The van der Waals surface area contributed by atoms with Crippen LogP contribution in [0.2, 0.25) is 0 Å². The SMILES string of the molecule is C=CCOc1ccccc1CNC(=NC)NCc1ccc(S(=O)(=O)N(C)C)s1. The zero-order chi connectivity index (χ0) is 20.6. The maximum absolute atomic E-state index is 12.2. The van der Waals surface area contributed by atoms with Crippen molar-refractivity contribution in [1.29, 1.82) is 0 Å². The van der Waals surface area contributed by atoms with E-state index in [0.29, 0.717) is 29.9 Å². The first kappa shape index (κ1) is 21.9. The van der Waals surface area contributed by atoms with Crippen molar-refractivity contribution in [3.05, 3.63) is 59.5 Å². The van der Waals surface area contributed by atoms with E-state index in [1.807, 2.05) is 24.3 Å². The molecule has 2 N–H and O–H groups in total. The number of rotatable bonds is 9. The molecule has 0 aliphatic carbocycles. The average Bonchev–Trinajstić information content (AvgIpc) is 3.17. The van der Waals surface area contributed by atoms with Gasteiger partial charge in [0.05, 0.1) is 6.54 Å². The second kappa shape index (κ2) is 10.3. The van der Waals surface area contributed by atoms with Gasteiger partial charge >= 0.3 is 0 Å². The van der Waals surface area contributed by atoms with Gasteiger partial charge in [0.2, 0.25) is 0 Å². The third-order valence-electron chi connectivity index (χ3n) is 3.80. The Balaban J connectivity index is 1.94. The standard InChI is InChI=1S/C19H26N4O3S2/c1-5-12-26-17-9-7-6-8-15(17)13-21-19(20-2)22-14-16-10-11-18(27-16)28(24,25)23(3)4/h5-11H,1,12-14H2,2-4H3,(H2,20,21,22). The molecule has 0 radical (unpaired) electrons. The van der Waals surface area contributed by atoms with E-state index in [1.165, 1.54) is 29.7 Å². The van der Waals surface area contributed by atoms with Crippen LogP contribution in [0.15, 0.2) is 58.3 Å². The summed E-state index contributed by atoms with van der Waals surface area (Å²) in [5, 5.41) is 6.44. The molecule has 0 saturated carbocycles. The van der Waals surface area contributed by atoms with Gasteiger partial charge in [-0.1, -0.05) is 30.9 Å². The van der Waals surface area contributed by atoms with Crippen molar-refractivity contribution in [3.63, 3.8) is 0 Å². The highest BCUT2D eigenvalue weighted by Crippen LogP contribution is 2.23. The number of nitrogens with one attached hydrogen (secondary N) is 2. The molecule has 152 valence electrons. The van der Waals surface area contributed by atoms with E-state index >= 15 is 0 Å². The number of aliphatic imine (C=N–C) groups is 1. The monoisotopic (exact) mass is 422 g/mol. The zero-order valence-corrected chi connectivity index (χ0v) is 17.9. The highest BCUT2D eigenvalue weighted by molar-refractivity contribution is 7.91. The van der Waals surface area contributed by atoms with Crippen LogP contribution in [0.3, 0.4) is 0 Å². The van der Waals surface area contributed by atoms with E-state index in [2.05, 4.69) is 22.2 Å². The van der Waals surface area contributed by atoms with Gasteiger partial charge in [-0.2, -0.15) is 0 Å². The number of hydrogen-bond acceptors (Lipinski definition) is 5. The number of para-hydroxylation sites is 1. The van der Waals surface area contributed by atoms with E-state index in [4.69, 9.17) is 4.74 Å². The minimum Gasteiger partial charge on any atom is -0.489 e. The molecule has 0 aliphatic rings. The Morgan fingerprint density at radius 3 is 2.61 bits per heavy atom. The van der Waals surface area contributed by atoms with Gasteiger partial charge in [0.1, 0.15) is 16.6 Å². The van der Waals surface area contributed by atoms with Gasteiger partial charge in [-0.05, 0) is 18.2 Å². The lowest BCUT2D eigenvalue weighted by Crippen LogP contribution is -2.36. The Bertz CT molecular complexity index is 921. The summed E-state index contributed by atoms with van der Waals surface area (Å²) in [6, 6.07) is 11.2. The Morgan fingerprint density at radius 1 is 1.21 bits per heavy atom. The molecular weight excluding hydrogens is 396 g/mol. The number of nitrogens with zero attached hydrogens (tertiary/aromatic N) is 2. The molecule has 28 heavy (non-hydrogen) atoms. The van der Waals surface area contributed by atoms with Gasteiger partial charge in [0.15, 0.2) is 5.96 Å². The lowest BCUT2D eigenvalue weighted by Gasteiger charge is -2.14. The Labute approximate surface area is 170 Å². The van der Waals surface area contributed by atoms with Crippen molar-refractivity contribution in [2.45, 2.75) is 17.3 Å². The van der Waals surface area contributed by atoms with Crippen LogP contribution in [-0.2, 0) is 23.1 Å². The predicted molar refractivity (Wildman–Crippen MR) is 114 cm³/mol. The second-order valence-corrected chi connectivity index (χ2v) is 9.54. The van der Waals surface area contributed by atoms with Gasteiger partial charge in [0.25, 0.3) is 10.0 Å². The van der Waals surface area contributed by atoms with Crippen molar-refractivity contribution >= 4 is 27.3 Å². The van der Waals surface area contributed by atoms with Crippen molar-refractivity contribution in [2.75, 3.05) is 27.7 Å². The Kier molecular flexibility index (Phi) is 8.04. The first-order valence-corrected chi connectivity index (χ1v) is 10.9. The van der Waals surface area contributed by atoms with Crippen molar-refractivity contribution < 1.29 is 13.2 Å². The molecule has 2 aromatic rings. The first-order valence-electron chi connectivity index (χ1n) is 8.66. The molecule has 2 rings (SSSR count). The summed E-state index contributed by atoms with van der Waals surface area (Å²) >= 11 is 1.24. The maximum Gasteiger partial charge on any atom is 0.252 e. The number of ether oxygens (including phenoxy) is 1. The average molecular weight is 423 g/mol. The predicted octanol–water partition coefficient (Wildman–Crippen LogP) is 2.43.